The van der Waals surface area contributed by atoms with Crippen LogP contribution in [0.1, 0.15) is 28.3 Å². The van der Waals surface area contributed by atoms with Crippen LogP contribution in [-0.2, 0) is 0 Å². The molecule has 102 valence electrons. The van der Waals surface area contributed by atoms with Crippen LogP contribution in [0.5, 0.6) is 5.75 Å². The average molecular weight is 287 g/mol. The minimum Gasteiger partial charge on any atom is -0.497 e. The second-order valence-electron chi connectivity index (χ2n) is 5.10. The molecule has 0 saturated heterocycles. The van der Waals surface area contributed by atoms with Gasteiger partial charge in [-0.25, -0.2) is 0 Å². The van der Waals surface area contributed by atoms with E-state index in [9.17, 15) is 4.79 Å². The number of ketones is 1. The average Bonchev–Trinajstić information content (AvgIpc) is 3.28. The zero-order valence-electron chi connectivity index (χ0n) is 11.2. The van der Waals surface area contributed by atoms with Gasteiger partial charge >= 0.3 is 0 Å². The van der Waals surface area contributed by atoms with E-state index in [-0.39, 0.29) is 11.7 Å². The third kappa shape index (κ3) is 2.56. The summed E-state index contributed by atoms with van der Waals surface area (Å²) in [6, 6.07) is 15.1. The Morgan fingerprint density at radius 3 is 2.65 bits per heavy atom. The normalized spacial score (nSPS) is 20.5. The van der Waals surface area contributed by atoms with Crippen molar-refractivity contribution in [2.24, 2.45) is 5.92 Å². The molecule has 2 nitrogen and oxygen atoms in total. The lowest BCUT2D eigenvalue weighted by atomic mass is 10.0. The fourth-order valence-electron chi connectivity index (χ4n) is 2.55. The third-order valence-corrected chi connectivity index (χ3v) is 4.03. The number of hydrogen-bond acceptors (Lipinski definition) is 2. The lowest BCUT2D eigenvalue weighted by Gasteiger charge is -2.04. The van der Waals surface area contributed by atoms with Crippen LogP contribution in [0.15, 0.2) is 48.5 Å². The van der Waals surface area contributed by atoms with Crippen molar-refractivity contribution < 1.29 is 9.53 Å². The van der Waals surface area contributed by atoms with Gasteiger partial charge < -0.3 is 4.74 Å². The molecule has 20 heavy (non-hydrogen) atoms. The van der Waals surface area contributed by atoms with Crippen LogP contribution < -0.4 is 4.74 Å². The molecule has 0 spiro atoms. The van der Waals surface area contributed by atoms with Crippen molar-refractivity contribution in [2.45, 2.75) is 12.3 Å². The summed E-state index contributed by atoms with van der Waals surface area (Å²) in [5.41, 5.74) is 1.92. The Morgan fingerprint density at radius 2 is 1.95 bits per heavy atom. The summed E-state index contributed by atoms with van der Waals surface area (Å²) in [7, 11) is 1.61. The molecule has 0 aliphatic heterocycles. The van der Waals surface area contributed by atoms with Gasteiger partial charge in [-0.1, -0.05) is 35.9 Å². The van der Waals surface area contributed by atoms with Gasteiger partial charge in [0.15, 0.2) is 5.78 Å². The van der Waals surface area contributed by atoms with Crippen molar-refractivity contribution in [1.29, 1.82) is 0 Å². The first-order valence-corrected chi connectivity index (χ1v) is 7.00. The molecule has 0 aromatic heterocycles. The van der Waals surface area contributed by atoms with Crippen LogP contribution >= 0.6 is 11.6 Å². The van der Waals surface area contributed by atoms with E-state index < -0.39 is 0 Å². The highest BCUT2D eigenvalue weighted by atomic mass is 35.5. The van der Waals surface area contributed by atoms with E-state index in [0.717, 1.165) is 22.8 Å². The molecule has 0 amide bonds. The molecule has 0 N–H and O–H groups in total. The Balaban J connectivity index is 1.75. The molecule has 2 aromatic rings. The monoisotopic (exact) mass is 286 g/mol. The lowest BCUT2D eigenvalue weighted by molar-refractivity contribution is 0.0965. The second-order valence-corrected chi connectivity index (χ2v) is 5.53. The molecule has 1 aliphatic rings. The molecule has 2 aromatic carbocycles. The summed E-state index contributed by atoms with van der Waals surface area (Å²) < 4.78 is 5.16. The van der Waals surface area contributed by atoms with Crippen molar-refractivity contribution in [3.8, 4) is 5.75 Å². The van der Waals surface area contributed by atoms with Crippen LogP contribution in [0.4, 0.5) is 0 Å². The molecule has 1 aliphatic carbocycles. The molecule has 0 heterocycles. The van der Waals surface area contributed by atoms with Crippen LogP contribution in [0.2, 0.25) is 5.02 Å². The Kier molecular flexibility index (Phi) is 3.49. The topological polar surface area (TPSA) is 26.3 Å². The minimum absolute atomic E-state index is 0.0864. The number of rotatable bonds is 4. The van der Waals surface area contributed by atoms with Gasteiger partial charge in [0.25, 0.3) is 0 Å². The van der Waals surface area contributed by atoms with E-state index >= 15 is 0 Å². The lowest BCUT2D eigenvalue weighted by Crippen LogP contribution is -2.03. The first kappa shape index (κ1) is 13.2. The predicted octanol–water partition coefficient (Wildman–Crippen LogP) is 4.34. The first-order valence-electron chi connectivity index (χ1n) is 6.63. The SMILES string of the molecule is COc1cccc(C(=O)[C@H]2C[C@H]2c2ccc(Cl)cc2)c1. The Labute approximate surface area is 123 Å². The summed E-state index contributed by atoms with van der Waals surface area (Å²) in [4.78, 5) is 12.4. The fraction of sp³-hybridized carbons (Fsp3) is 0.235. The summed E-state index contributed by atoms with van der Waals surface area (Å²) in [6.07, 6.45) is 0.914. The molecule has 3 heteroatoms. The number of carbonyl (C=O) groups excluding carboxylic acids is 1. The maximum atomic E-state index is 12.4. The highest BCUT2D eigenvalue weighted by Crippen LogP contribution is 2.49. The highest BCUT2D eigenvalue weighted by Gasteiger charge is 2.43. The standard InChI is InChI=1S/C17H15ClO2/c1-20-14-4-2-3-12(9-14)17(19)16-10-15(16)11-5-7-13(18)8-6-11/h2-9,15-16H,10H2,1H3/t15-,16-/m0/s1. The van der Waals surface area contributed by atoms with Crippen molar-refractivity contribution in [2.75, 3.05) is 7.11 Å². The van der Waals surface area contributed by atoms with Crippen LogP contribution in [-0.4, -0.2) is 12.9 Å². The van der Waals surface area contributed by atoms with Crippen molar-refractivity contribution in [3.63, 3.8) is 0 Å². The minimum atomic E-state index is 0.0864. The van der Waals surface area contributed by atoms with E-state index in [4.69, 9.17) is 16.3 Å². The number of benzene rings is 2. The summed E-state index contributed by atoms with van der Waals surface area (Å²) >= 11 is 5.88. The number of ether oxygens (including phenoxy) is 1. The highest BCUT2D eigenvalue weighted by molar-refractivity contribution is 6.30. The number of hydrogen-bond donors (Lipinski definition) is 0. The molecule has 0 unspecified atom stereocenters. The van der Waals surface area contributed by atoms with Gasteiger partial charge in [-0.15, -0.1) is 0 Å². The number of methoxy groups -OCH3 is 1. The largest absolute Gasteiger partial charge is 0.497 e. The zero-order valence-corrected chi connectivity index (χ0v) is 11.9. The molecule has 0 bridgehead atoms. The Morgan fingerprint density at radius 1 is 1.20 bits per heavy atom. The van der Waals surface area contributed by atoms with E-state index in [0.29, 0.717) is 5.92 Å². The molecule has 1 saturated carbocycles. The maximum Gasteiger partial charge on any atom is 0.166 e. The third-order valence-electron chi connectivity index (χ3n) is 3.78. The van der Waals surface area contributed by atoms with Crippen molar-refractivity contribution >= 4 is 17.4 Å². The Hall–Kier alpha value is -1.80. The van der Waals surface area contributed by atoms with Gasteiger partial charge in [0.2, 0.25) is 0 Å². The van der Waals surface area contributed by atoms with E-state index in [2.05, 4.69) is 0 Å². The van der Waals surface area contributed by atoms with Crippen LogP contribution in [0.3, 0.4) is 0 Å². The van der Waals surface area contributed by atoms with E-state index in [1.807, 2.05) is 42.5 Å². The van der Waals surface area contributed by atoms with Crippen molar-refractivity contribution in [3.05, 3.63) is 64.7 Å². The zero-order chi connectivity index (χ0) is 14.1. The fourth-order valence-corrected chi connectivity index (χ4v) is 2.68. The molecule has 2 atom stereocenters. The molecular formula is C17H15ClO2. The number of Topliss-reactive ketones (excluding diaryl/α,β-unsaturated/α-hetero) is 1. The first-order chi connectivity index (χ1) is 9.69. The van der Waals surface area contributed by atoms with E-state index in [1.54, 1.807) is 13.2 Å². The molecular weight excluding hydrogens is 272 g/mol. The van der Waals surface area contributed by atoms with Crippen molar-refractivity contribution in [1.82, 2.24) is 0 Å². The van der Waals surface area contributed by atoms with Gasteiger partial charge in [0.1, 0.15) is 5.75 Å². The molecule has 1 fully saturated rings. The summed E-state index contributed by atoms with van der Waals surface area (Å²) in [5.74, 6) is 1.33. The Bertz CT molecular complexity index is 634. The van der Waals surface area contributed by atoms with Crippen LogP contribution in [0, 0.1) is 5.92 Å². The predicted molar refractivity (Wildman–Crippen MR) is 79.6 cm³/mol. The molecule has 3 rings (SSSR count). The van der Waals surface area contributed by atoms with Gasteiger partial charge in [0, 0.05) is 16.5 Å². The maximum absolute atomic E-state index is 12.4. The second kappa shape index (κ2) is 5.29. The quantitative estimate of drug-likeness (QED) is 0.782. The number of halogens is 1. The van der Waals surface area contributed by atoms with Gasteiger partial charge in [-0.2, -0.15) is 0 Å². The van der Waals surface area contributed by atoms with E-state index in [1.165, 1.54) is 5.56 Å². The summed E-state index contributed by atoms with van der Waals surface area (Å²) in [5, 5.41) is 0.727. The van der Waals surface area contributed by atoms with Gasteiger partial charge in [-0.05, 0) is 42.2 Å². The van der Waals surface area contributed by atoms with Gasteiger partial charge in [-0.3, -0.25) is 4.79 Å². The van der Waals surface area contributed by atoms with Crippen LogP contribution in [0.25, 0.3) is 0 Å². The van der Waals surface area contributed by atoms with Gasteiger partial charge in [0.05, 0.1) is 7.11 Å². The molecule has 0 radical (unpaired) electrons. The summed E-state index contributed by atoms with van der Waals surface area (Å²) in [6.45, 7) is 0. The number of carbonyl (C=O) groups is 1. The smallest absolute Gasteiger partial charge is 0.166 e.